The summed E-state index contributed by atoms with van der Waals surface area (Å²) in [6, 6.07) is 19.0. The number of rotatable bonds is 8. The first kappa shape index (κ1) is 18.7. The SMILES string of the molecule is C[NH+](C)CCNC(=O)CCC(=O)N(c1ccccc1)c1ccccc1. The maximum atomic E-state index is 12.8. The first-order valence-electron chi connectivity index (χ1n) is 8.56. The summed E-state index contributed by atoms with van der Waals surface area (Å²) < 4.78 is 0. The van der Waals surface area contributed by atoms with E-state index in [2.05, 4.69) is 5.32 Å². The Hall–Kier alpha value is -2.66. The minimum atomic E-state index is -0.0919. The smallest absolute Gasteiger partial charge is 0.232 e. The monoisotopic (exact) mass is 340 g/mol. The maximum Gasteiger partial charge on any atom is 0.232 e. The van der Waals surface area contributed by atoms with Crippen molar-refractivity contribution < 1.29 is 14.5 Å². The molecule has 0 bridgehead atoms. The molecule has 0 fully saturated rings. The molecule has 2 amide bonds. The van der Waals surface area contributed by atoms with Crippen molar-refractivity contribution in [1.29, 1.82) is 0 Å². The third kappa shape index (κ3) is 6.04. The van der Waals surface area contributed by atoms with E-state index in [-0.39, 0.29) is 24.7 Å². The van der Waals surface area contributed by atoms with Gasteiger partial charge in [-0.15, -0.1) is 0 Å². The fraction of sp³-hybridized carbons (Fsp3) is 0.300. The van der Waals surface area contributed by atoms with Gasteiger partial charge in [0.2, 0.25) is 11.8 Å². The lowest BCUT2D eigenvalue weighted by molar-refractivity contribution is -0.856. The Morgan fingerprint density at radius 2 is 1.40 bits per heavy atom. The predicted molar refractivity (Wildman–Crippen MR) is 100.0 cm³/mol. The van der Waals surface area contributed by atoms with Gasteiger partial charge in [0.1, 0.15) is 0 Å². The molecule has 132 valence electrons. The number of amides is 2. The van der Waals surface area contributed by atoms with E-state index >= 15 is 0 Å². The van der Waals surface area contributed by atoms with Crippen LogP contribution in [0, 0.1) is 0 Å². The van der Waals surface area contributed by atoms with Crippen LogP contribution >= 0.6 is 0 Å². The van der Waals surface area contributed by atoms with Crippen LogP contribution in [0.15, 0.2) is 60.7 Å². The summed E-state index contributed by atoms with van der Waals surface area (Å²) in [4.78, 5) is 27.6. The molecule has 25 heavy (non-hydrogen) atoms. The van der Waals surface area contributed by atoms with E-state index in [1.165, 1.54) is 4.90 Å². The molecule has 5 heteroatoms. The first-order chi connectivity index (χ1) is 12.1. The average molecular weight is 340 g/mol. The highest BCUT2D eigenvalue weighted by molar-refractivity contribution is 6.01. The minimum Gasteiger partial charge on any atom is -0.350 e. The van der Waals surface area contributed by atoms with Gasteiger partial charge in [-0.3, -0.25) is 14.5 Å². The summed E-state index contributed by atoms with van der Waals surface area (Å²) in [5.74, 6) is -0.179. The second-order valence-corrected chi connectivity index (χ2v) is 6.21. The third-order valence-corrected chi connectivity index (χ3v) is 3.79. The van der Waals surface area contributed by atoms with Gasteiger partial charge in [-0.2, -0.15) is 0 Å². The molecule has 0 spiro atoms. The molecule has 2 aromatic carbocycles. The number of benzene rings is 2. The number of hydrogen-bond donors (Lipinski definition) is 2. The second kappa shape index (κ2) is 9.59. The lowest BCUT2D eigenvalue weighted by Gasteiger charge is -2.23. The van der Waals surface area contributed by atoms with Crippen molar-refractivity contribution in [2.45, 2.75) is 12.8 Å². The van der Waals surface area contributed by atoms with Gasteiger partial charge < -0.3 is 10.2 Å². The Bertz CT molecular complexity index is 632. The van der Waals surface area contributed by atoms with Crippen LogP contribution in [-0.4, -0.2) is 39.0 Å². The van der Waals surface area contributed by atoms with Crippen molar-refractivity contribution in [2.24, 2.45) is 0 Å². The van der Waals surface area contributed by atoms with E-state index in [0.29, 0.717) is 6.54 Å². The Morgan fingerprint density at radius 1 is 0.880 bits per heavy atom. The van der Waals surface area contributed by atoms with Crippen molar-refractivity contribution in [1.82, 2.24) is 5.32 Å². The fourth-order valence-electron chi connectivity index (χ4n) is 2.46. The van der Waals surface area contributed by atoms with Crippen LogP contribution in [0.5, 0.6) is 0 Å². The van der Waals surface area contributed by atoms with E-state index in [1.807, 2.05) is 74.8 Å². The van der Waals surface area contributed by atoms with E-state index in [1.54, 1.807) is 4.90 Å². The molecule has 0 saturated heterocycles. The molecule has 0 aliphatic rings. The molecule has 0 saturated carbocycles. The van der Waals surface area contributed by atoms with E-state index < -0.39 is 0 Å². The zero-order valence-corrected chi connectivity index (χ0v) is 14.9. The molecule has 5 nitrogen and oxygen atoms in total. The van der Waals surface area contributed by atoms with Crippen LogP contribution in [0.3, 0.4) is 0 Å². The summed E-state index contributed by atoms with van der Waals surface area (Å²) in [5, 5.41) is 2.86. The predicted octanol–water partition coefficient (Wildman–Crippen LogP) is 1.39. The highest BCUT2D eigenvalue weighted by Crippen LogP contribution is 2.26. The van der Waals surface area contributed by atoms with Crippen molar-refractivity contribution >= 4 is 23.2 Å². The van der Waals surface area contributed by atoms with Crippen molar-refractivity contribution in [3.05, 3.63) is 60.7 Å². The number of carbonyl (C=O) groups is 2. The molecule has 0 unspecified atom stereocenters. The number of para-hydroxylation sites is 2. The second-order valence-electron chi connectivity index (χ2n) is 6.21. The molecular formula is C20H26N3O2+. The van der Waals surface area contributed by atoms with E-state index in [9.17, 15) is 9.59 Å². The van der Waals surface area contributed by atoms with Gasteiger partial charge in [0, 0.05) is 24.2 Å². The molecule has 0 aliphatic heterocycles. The van der Waals surface area contributed by atoms with Crippen molar-refractivity contribution in [2.75, 3.05) is 32.1 Å². The van der Waals surface area contributed by atoms with Crippen molar-refractivity contribution in [3.63, 3.8) is 0 Å². The lowest BCUT2D eigenvalue weighted by atomic mass is 10.2. The summed E-state index contributed by atoms with van der Waals surface area (Å²) >= 11 is 0. The largest absolute Gasteiger partial charge is 0.350 e. The van der Waals surface area contributed by atoms with Gasteiger partial charge in [-0.05, 0) is 24.3 Å². The Labute approximate surface area is 149 Å². The zero-order valence-electron chi connectivity index (χ0n) is 14.9. The standard InChI is InChI=1S/C20H25N3O2/c1-22(2)16-15-21-19(24)13-14-20(25)23(17-9-5-3-6-10-17)18-11-7-4-8-12-18/h3-12H,13-16H2,1-2H3,(H,21,24)/p+1. The van der Waals surface area contributed by atoms with Crippen LogP contribution in [0.1, 0.15) is 12.8 Å². The van der Waals surface area contributed by atoms with E-state index in [4.69, 9.17) is 0 Å². The van der Waals surface area contributed by atoms with Crippen LogP contribution in [0.25, 0.3) is 0 Å². The summed E-state index contributed by atoms with van der Waals surface area (Å²) in [5.41, 5.74) is 1.60. The van der Waals surface area contributed by atoms with Gasteiger partial charge in [0.15, 0.2) is 0 Å². The van der Waals surface area contributed by atoms with Crippen LogP contribution in [-0.2, 0) is 9.59 Å². The molecular weight excluding hydrogens is 314 g/mol. The van der Waals surface area contributed by atoms with Crippen LogP contribution in [0.4, 0.5) is 11.4 Å². The molecule has 2 rings (SSSR count). The zero-order chi connectivity index (χ0) is 18.1. The number of hydrogen-bond acceptors (Lipinski definition) is 2. The normalized spacial score (nSPS) is 10.5. The van der Waals surface area contributed by atoms with Gasteiger partial charge >= 0.3 is 0 Å². The lowest BCUT2D eigenvalue weighted by Crippen LogP contribution is -3.06. The molecule has 2 aromatic rings. The highest BCUT2D eigenvalue weighted by atomic mass is 16.2. The van der Waals surface area contributed by atoms with E-state index in [0.717, 1.165) is 17.9 Å². The number of carbonyl (C=O) groups excluding carboxylic acids is 2. The van der Waals surface area contributed by atoms with Crippen LogP contribution in [0.2, 0.25) is 0 Å². The number of nitrogens with zero attached hydrogens (tertiary/aromatic N) is 1. The first-order valence-corrected chi connectivity index (χ1v) is 8.56. The number of nitrogens with one attached hydrogen (secondary N) is 2. The maximum absolute atomic E-state index is 12.8. The Kier molecular flexibility index (Phi) is 7.16. The van der Waals surface area contributed by atoms with Crippen molar-refractivity contribution in [3.8, 4) is 0 Å². The fourth-order valence-corrected chi connectivity index (χ4v) is 2.46. The van der Waals surface area contributed by atoms with Gasteiger partial charge in [0.25, 0.3) is 0 Å². The quantitative estimate of drug-likeness (QED) is 0.763. The number of likely N-dealkylation sites (N-methyl/N-ethyl adjacent to an activating group) is 1. The molecule has 0 aromatic heterocycles. The van der Waals surface area contributed by atoms with Gasteiger partial charge in [-0.25, -0.2) is 0 Å². The highest BCUT2D eigenvalue weighted by Gasteiger charge is 2.18. The Balaban J connectivity index is 2.01. The van der Waals surface area contributed by atoms with Gasteiger partial charge in [0.05, 0.1) is 27.2 Å². The molecule has 0 aliphatic carbocycles. The third-order valence-electron chi connectivity index (χ3n) is 3.79. The summed E-state index contributed by atoms with van der Waals surface area (Å²) in [6.45, 7) is 1.48. The average Bonchev–Trinajstić information content (AvgIpc) is 2.62. The van der Waals surface area contributed by atoms with Gasteiger partial charge in [-0.1, -0.05) is 36.4 Å². The molecule has 2 N–H and O–H groups in total. The summed E-state index contributed by atoms with van der Waals surface area (Å²) in [6.07, 6.45) is 0.363. The summed E-state index contributed by atoms with van der Waals surface area (Å²) in [7, 11) is 4.07. The number of quaternary nitrogens is 1. The minimum absolute atomic E-state index is 0.0873. The Morgan fingerprint density at radius 3 is 1.88 bits per heavy atom. The molecule has 0 atom stereocenters. The van der Waals surface area contributed by atoms with Crippen LogP contribution < -0.4 is 15.1 Å². The molecule has 0 heterocycles. The topological polar surface area (TPSA) is 53.9 Å². The number of anilines is 2. The molecule has 0 radical (unpaired) electrons.